The number of hydrogen-bond acceptors (Lipinski definition) is 10. The molecule has 260 valence electrons. The number of ether oxygens (including phenoxy) is 2. The smallest absolute Gasteiger partial charge is 0.333 e. The van der Waals surface area contributed by atoms with Crippen molar-refractivity contribution in [3.05, 3.63) is 11.6 Å². The van der Waals surface area contributed by atoms with E-state index in [0.29, 0.717) is 49.6 Å². The van der Waals surface area contributed by atoms with Crippen molar-refractivity contribution in [2.45, 2.75) is 122 Å². The van der Waals surface area contributed by atoms with Crippen molar-refractivity contribution >= 4 is 29.7 Å². The highest BCUT2D eigenvalue weighted by molar-refractivity contribution is 6.01. The normalized spacial score (nSPS) is 39.5. The largest absolute Gasteiger partial charge is 0.458 e. The zero-order chi connectivity index (χ0) is 33.6. The molecule has 4 saturated carbocycles. The Kier molecular flexibility index (Phi) is 9.59. The Hall–Kier alpha value is -2.83. The molecule has 2 heterocycles. The number of esters is 1. The highest BCUT2D eigenvalue weighted by Gasteiger charge is 2.70. The van der Waals surface area contributed by atoms with Gasteiger partial charge in [-0.2, -0.15) is 0 Å². The minimum Gasteiger partial charge on any atom is -0.458 e. The van der Waals surface area contributed by atoms with Crippen LogP contribution in [0.25, 0.3) is 0 Å². The number of hydrogen-bond donors (Lipinski definition) is 3. The van der Waals surface area contributed by atoms with Gasteiger partial charge in [0.1, 0.15) is 13.2 Å². The van der Waals surface area contributed by atoms with E-state index in [1.54, 1.807) is 6.08 Å². The predicted octanol–water partition coefficient (Wildman–Crippen LogP) is 2.88. The topological polar surface area (TPSA) is 169 Å². The van der Waals surface area contributed by atoms with Crippen molar-refractivity contribution in [3.63, 3.8) is 0 Å². The summed E-state index contributed by atoms with van der Waals surface area (Å²) in [5.74, 6) is -1.51. The number of rotatable bonds is 11. The van der Waals surface area contributed by atoms with Crippen LogP contribution in [0.4, 0.5) is 0 Å². The fourth-order valence-electron chi connectivity index (χ4n) is 10.4. The van der Waals surface area contributed by atoms with Crippen LogP contribution in [0.3, 0.4) is 0 Å². The second-order valence-electron chi connectivity index (χ2n) is 15.3. The fraction of sp³-hybridized carbons (Fsp3) is 0.800. The van der Waals surface area contributed by atoms with E-state index in [2.05, 4.69) is 12.2 Å². The lowest BCUT2D eigenvalue weighted by Gasteiger charge is -2.65. The number of nitrogens with one attached hydrogen (secondary N) is 1. The summed E-state index contributed by atoms with van der Waals surface area (Å²) in [5.41, 5.74) is -0.836. The lowest BCUT2D eigenvalue weighted by molar-refractivity contribution is -0.245. The first kappa shape index (κ1) is 34.0. The van der Waals surface area contributed by atoms with Gasteiger partial charge in [0.2, 0.25) is 5.91 Å². The third-order valence-electron chi connectivity index (χ3n) is 13.1. The monoisotopic (exact) mass is 658 g/mol. The molecule has 12 nitrogen and oxygen atoms in total. The van der Waals surface area contributed by atoms with Crippen LogP contribution in [-0.4, -0.2) is 82.5 Å². The summed E-state index contributed by atoms with van der Waals surface area (Å²) in [6, 6.07) is 0. The van der Waals surface area contributed by atoms with Crippen LogP contribution in [0.15, 0.2) is 11.6 Å². The first-order chi connectivity index (χ1) is 22.4. The van der Waals surface area contributed by atoms with E-state index in [-0.39, 0.29) is 73.6 Å². The molecule has 0 bridgehead atoms. The number of amides is 3. The van der Waals surface area contributed by atoms with E-state index in [1.807, 2.05) is 6.92 Å². The van der Waals surface area contributed by atoms with Gasteiger partial charge in [-0.15, -0.1) is 5.06 Å². The highest BCUT2D eigenvalue weighted by atomic mass is 16.7. The summed E-state index contributed by atoms with van der Waals surface area (Å²) in [7, 11) is 0. The summed E-state index contributed by atoms with van der Waals surface area (Å²) in [6.07, 6.45) is 9.45. The number of fused-ring (bicyclic) bond motifs is 5. The van der Waals surface area contributed by atoms with Crippen LogP contribution < -0.4 is 5.32 Å². The van der Waals surface area contributed by atoms with Crippen LogP contribution in [0.5, 0.6) is 0 Å². The molecule has 2 aliphatic heterocycles. The maximum absolute atomic E-state index is 12.5. The number of hydroxylamine groups is 2. The number of carbonyl (C=O) groups excluding carboxylic acids is 5. The molecular weight excluding hydrogens is 608 g/mol. The molecular formula is C35H50N2O10. The van der Waals surface area contributed by atoms with Gasteiger partial charge >= 0.3 is 11.9 Å². The molecule has 47 heavy (non-hydrogen) atoms. The van der Waals surface area contributed by atoms with Crippen LogP contribution in [0.1, 0.15) is 104 Å². The highest BCUT2D eigenvalue weighted by Crippen LogP contribution is 2.70. The fourth-order valence-corrected chi connectivity index (χ4v) is 10.4. The number of aliphatic hydroxyl groups excluding tert-OH is 1. The Morgan fingerprint density at radius 3 is 2.49 bits per heavy atom. The molecule has 6 aliphatic rings. The van der Waals surface area contributed by atoms with Crippen LogP contribution in [0.2, 0.25) is 0 Å². The summed E-state index contributed by atoms with van der Waals surface area (Å²) in [4.78, 5) is 64.2. The molecule has 1 saturated heterocycles. The minimum absolute atomic E-state index is 0.00928. The second-order valence-corrected chi connectivity index (χ2v) is 15.3. The van der Waals surface area contributed by atoms with Crippen molar-refractivity contribution in [1.82, 2.24) is 10.4 Å². The molecule has 0 aromatic carbocycles. The van der Waals surface area contributed by atoms with Crippen molar-refractivity contribution in [1.29, 1.82) is 0 Å². The Balaban J connectivity index is 0.929. The zero-order valence-electron chi connectivity index (χ0n) is 27.7. The molecule has 7 unspecified atom stereocenters. The second kappa shape index (κ2) is 13.2. The van der Waals surface area contributed by atoms with E-state index in [0.717, 1.165) is 44.1 Å². The maximum Gasteiger partial charge on any atom is 0.333 e. The van der Waals surface area contributed by atoms with Gasteiger partial charge in [0.15, 0.2) is 0 Å². The Morgan fingerprint density at radius 2 is 1.77 bits per heavy atom. The lowest BCUT2D eigenvalue weighted by atomic mass is 9.42. The predicted molar refractivity (Wildman–Crippen MR) is 166 cm³/mol. The van der Waals surface area contributed by atoms with Crippen molar-refractivity contribution in [2.24, 2.45) is 34.5 Å². The number of imide groups is 1. The minimum atomic E-state index is -0.996. The van der Waals surface area contributed by atoms with E-state index in [4.69, 9.17) is 14.3 Å². The zero-order valence-corrected chi connectivity index (χ0v) is 27.7. The first-order valence-electron chi connectivity index (χ1n) is 17.6. The molecule has 6 rings (SSSR count). The van der Waals surface area contributed by atoms with E-state index in [1.165, 1.54) is 0 Å². The Bertz CT molecular complexity index is 1300. The van der Waals surface area contributed by atoms with Gasteiger partial charge in [-0.3, -0.25) is 14.4 Å². The number of cyclic esters (lactones) is 1. The first-order valence-corrected chi connectivity index (χ1v) is 17.6. The van der Waals surface area contributed by atoms with Gasteiger partial charge in [-0.25, -0.2) is 9.59 Å². The summed E-state index contributed by atoms with van der Waals surface area (Å²) in [5, 5.41) is 27.6. The molecule has 0 aromatic rings. The standard InChI is InChI=1S/C35H50N2O10/c1-33-13-11-23(45-20-28(39)36-15-5-3-4-6-31(42)47-37-29(40)9-10-30(37)41)17-22(33)7-8-25-26(33)18-27(38)34(2)24(12-14-35(25,34)44)21-16-32(43)46-19-21/h16,22-27,38,44H,3-15,17-20H2,1-2H3,(H,36,39)/t22?,23?,24?,25?,26?,27?,33-,34-,35?/m0/s1. The van der Waals surface area contributed by atoms with Crippen molar-refractivity contribution in [2.75, 3.05) is 19.8 Å². The van der Waals surface area contributed by atoms with Crippen LogP contribution in [-0.2, 0) is 38.3 Å². The molecule has 12 heteroatoms. The van der Waals surface area contributed by atoms with Crippen molar-refractivity contribution < 1.29 is 48.5 Å². The molecule has 5 fully saturated rings. The SMILES string of the molecule is C[C@]12CCC(OCC(=O)NCCCCCC(=O)ON3C(=O)CCC3=O)CC1CCC1C2CC(O)[C@]2(C)C(C3=CC(=O)OC3)CCC12O. The summed E-state index contributed by atoms with van der Waals surface area (Å²) in [6.45, 7) is 5.06. The van der Waals surface area contributed by atoms with Gasteiger partial charge in [0.25, 0.3) is 11.8 Å². The third-order valence-corrected chi connectivity index (χ3v) is 13.1. The average molecular weight is 659 g/mol. The molecule has 0 radical (unpaired) electrons. The quantitative estimate of drug-likeness (QED) is 0.171. The van der Waals surface area contributed by atoms with Gasteiger partial charge < -0.3 is 29.8 Å². The Morgan fingerprint density at radius 1 is 1.00 bits per heavy atom. The Labute approximate surface area is 275 Å². The number of carbonyl (C=O) groups is 5. The third kappa shape index (κ3) is 6.14. The number of nitrogens with zero attached hydrogens (tertiary/aromatic N) is 1. The number of aliphatic hydroxyl groups is 2. The summed E-state index contributed by atoms with van der Waals surface area (Å²) >= 11 is 0. The molecule has 3 N–H and O–H groups in total. The van der Waals surface area contributed by atoms with E-state index in [9.17, 15) is 34.2 Å². The van der Waals surface area contributed by atoms with E-state index >= 15 is 0 Å². The van der Waals surface area contributed by atoms with Crippen LogP contribution in [0, 0.1) is 34.5 Å². The lowest BCUT2D eigenvalue weighted by Crippen LogP contribution is -2.67. The van der Waals surface area contributed by atoms with Crippen molar-refractivity contribution in [3.8, 4) is 0 Å². The molecule has 3 amide bonds. The van der Waals surface area contributed by atoms with Crippen LogP contribution >= 0.6 is 0 Å². The van der Waals surface area contributed by atoms with Gasteiger partial charge in [0, 0.05) is 37.3 Å². The van der Waals surface area contributed by atoms with Gasteiger partial charge in [0.05, 0.1) is 17.8 Å². The van der Waals surface area contributed by atoms with Gasteiger partial charge in [-0.1, -0.05) is 20.3 Å². The summed E-state index contributed by atoms with van der Waals surface area (Å²) < 4.78 is 11.3. The maximum atomic E-state index is 12.5. The molecule has 4 aliphatic carbocycles. The molecule has 0 aromatic heterocycles. The average Bonchev–Trinajstić information content (AvgIpc) is 3.69. The molecule has 9 atom stereocenters. The molecule has 0 spiro atoms. The van der Waals surface area contributed by atoms with Gasteiger partial charge in [-0.05, 0) is 98.9 Å². The number of unbranched alkanes of at least 4 members (excludes halogenated alkanes) is 2. The van der Waals surface area contributed by atoms with E-state index < -0.39 is 34.9 Å².